The first-order valence-electron chi connectivity index (χ1n) is 10.3. The Morgan fingerprint density at radius 2 is 1.97 bits per heavy atom. The molecule has 1 aliphatic carbocycles. The molecule has 1 amide bonds. The number of ketones is 2. The van der Waals surface area contributed by atoms with Gasteiger partial charge in [0, 0.05) is 29.4 Å². The van der Waals surface area contributed by atoms with Crippen molar-refractivity contribution >= 4 is 34.8 Å². The molecule has 2 atom stereocenters. The van der Waals surface area contributed by atoms with Gasteiger partial charge in [-0.15, -0.1) is 0 Å². The number of Topliss-reactive ketones (excluding diaryl/α,β-unsaturated/α-hetero) is 1. The van der Waals surface area contributed by atoms with E-state index >= 15 is 0 Å². The number of hydrogen-bond acceptors (Lipinski definition) is 7. The number of carbonyl (C=O) groups is 3. The van der Waals surface area contributed by atoms with Gasteiger partial charge in [0.15, 0.2) is 5.75 Å². The number of ether oxygens (including phenoxy) is 3. The number of anilines is 1. The van der Waals surface area contributed by atoms with Gasteiger partial charge in [-0.25, -0.2) is 0 Å². The van der Waals surface area contributed by atoms with Gasteiger partial charge in [-0.05, 0) is 24.1 Å². The number of primary amides is 1. The Balaban J connectivity index is 1.67. The molecule has 8 nitrogen and oxygen atoms in total. The summed E-state index contributed by atoms with van der Waals surface area (Å²) < 4.78 is 16.6. The zero-order valence-electron chi connectivity index (χ0n) is 18.4. The van der Waals surface area contributed by atoms with Crippen molar-refractivity contribution in [3.8, 4) is 17.2 Å². The zero-order chi connectivity index (χ0) is 23.9. The van der Waals surface area contributed by atoms with E-state index in [-0.39, 0.29) is 34.3 Å². The summed E-state index contributed by atoms with van der Waals surface area (Å²) >= 11 is 6.40. The maximum absolute atomic E-state index is 13.5. The molecule has 4 rings (SSSR count). The van der Waals surface area contributed by atoms with Crippen LogP contribution in [0, 0.1) is 5.92 Å². The number of rotatable bonds is 6. The lowest BCUT2D eigenvalue weighted by molar-refractivity contribution is -0.129. The third kappa shape index (κ3) is 3.70. The molecule has 1 spiro atoms. The third-order valence-electron chi connectivity index (χ3n) is 5.92. The standard InChI is InChI=1S/C24H23ClN2O6/c1-12-7-15(27-14-6-4-5-13(8-14)9-19(26)29)10-18(28)24(12)23(30)20-16(31-2)11-17(32-3)21(25)22(20)33-24/h4-6,8,10-12,27H,7,9H2,1-3H3,(H2,26,29)/t12-,24+/m1/s1. The molecule has 0 bridgehead atoms. The Morgan fingerprint density at radius 3 is 2.61 bits per heavy atom. The van der Waals surface area contributed by atoms with E-state index in [0.717, 1.165) is 5.56 Å². The Hall–Kier alpha value is -3.52. The normalized spacial score (nSPS) is 21.3. The summed E-state index contributed by atoms with van der Waals surface area (Å²) in [7, 11) is 2.86. The highest BCUT2D eigenvalue weighted by Crippen LogP contribution is 2.53. The van der Waals surface area contributed by atoms with Gasteiger partial charge in [0.1, 0.15) is 22.1 Å². The van der Waals surface area contributed by atoms with Gasteiger partial charge in [-0.1, -0.05) is 30.7 Å². The average molecular weight is 471 g/mol. The van der Waals surface area contributed by atoms with Gasteiger partial charge in [0.05, 0.1) is 20.6 Å². The van der Waals surface area contributed by atoms with E-state index in [1.807, 2.05) is 6.07 Å². The molecular formula is C24H23ClN2O6. The summed E-state index contributed by atoms with van der Waals surface area (Å²) in [6, 6.07) is 8.69. The van der Waals surface area contributed by atoms with Crippen LogP contribution in [0.25, 0.3) is 0 Å². The van der Waals surface area contributed by atoms with Crippen LogP contribution in [0.1, 0.15) is 29.3 Å². The van der Waals surface area contributed by atoms with Crippen molar-refractivity contribution in [2.24, 2.45) is 11.7 Å². The maximum atomic E-state index is 13.5. The molecule has 1 heterocycles. The first kappa shape index (κ1) is 22.7. The smallest absolute Gasteiger partial charge is 0.236 e. The number of benzene rings is 2. The predicted molar refractivity (Wildman–Crippen MR) is 122 cm³/mol. The van der Waals surface area contributed by atoms with E-state index < -0.39 is 29.0 Å². The second-order valence-electron chi connectivity index (χ2n) is 8.07. The van der Waals surface area contributed by atoms with E-state index in [0.29, 0.717) is 17.8 Å². The Labute approximate surface area is 195 Å². The number of allylic oxidation sites excluding steroid dienone is 1. The zero-order valence-corrected chi connectivity index (χ0v) is 19.1. The minimum absolute atomic E-state index is 0.0852. The second kappa shape index (κ2) is 8.44. The van der Waals surface area contributed by atoms with Crippen molar-refractivity contribution in [2.45, 2.75) is 25.4 Å². The van der Waals surface area contributed by atoms with Gasteiger partial charge < -0.3 is 25.3 Å². The summed E-state index contributed by atoms with van der Waals surface area (Å²) in [6.07, 6.45) is 1.85. The molecule has 172 valence electrons. The lowest BCUT2D eigenvalue weighted by atomic mass is 9.74. The molecule has 2 aromatic rings. The number of amides is 1. The summed E-state index contributed by atoms with van der Waals surface area (Å²) in [4.78, 5) is 38.1. The topological polar surface area (TPSA) is 117 Å². The fourth-order valence-electron chi connectivity index (χ4n) is 4.36. The van der Waals surface area contributed by atoms with Crippen molar-refractivity contribution < 1.29 is 28.6 Å². The lowest BCUT2D eigenvalue weighted by Crippen LogP contribution is -2.55. The van der Waals surface area contributed by atoms with Crippen LogP contribution >= 0.6 is 11.6 Å². The molecule has 33 heavy (non-hydrogen) atoms. The molecule has 0 fully saturated rings. The van der Waals surface area contributed by atoms with Gasteiger partial charge in [0.25, 0.3) is 0 Å². The van der Waals surface area contributed by atoms with Crippen LogP contribution in [-0.2, 0) is 16.0 Å². The quantitative estimate of drug-likeness (QED) is 0.622. The number of fused-ring (bicyclic) bond motifs is 1. The van der Waals surface area contributed by atoms with Crippen LogP contribution in [0.4, 0.5) is 5.69 Å². The van der Waals surface area contributed by atoms with E-state index in [1.54, 1.807) is 25.1 Å². The van der Waals surface area contributed by atoms with Crippen LogP contribution in [0.3, 0.4) is 0 Å². The maximum Gasteiger partial charge on any atom is 0.236 e. The average Bonchev–Trinajstić information content (AvgIpc) is 3.07. The van der Waals surface area contributed by atoms with Crippen molar-refractivity contribution in [1.29, 1.82) is 0 Å². The summed E-state index contributed by atoms with van der Waals surface area (Å²) in [5.74, 6) is -1.32. The molecule has 9 heteroatoms. The van der Waals surface area contributed by atoms with Crippen molar-refractivity contribution in [2.75, 3.05) is 19.5 Å². The fraction of sp³-hybridized carbons (Fsp3) is 0.292. The number of nitrogens with two attached hydrogens (primary N) is 1. The predicted octanol–water partition coefficient (Wildman–Crippen LogP) is 3.30. The van der Waals surface area contributed by atoms with E-state index in [1.165, 1.54) is 26.4 Å². The van der Waals surface area contributed by atoms with Crippen molar-refractivity contribution in [3.63, 3.8) is 0 Å². The molecule has 2 aliphatic rings. The molecule has 1 aliphatic heterocycles. The highest BCUT2D eigenvalue weighted by atomic mass is 35.5. The van der Waals surface area contributed by atoms with Crippen LogP contribution in [0.15, 0.2) is 42.1 Å². The van der Waals surface area contributed by atoms with E-state index in [4.69, 9.17) is 31.5 Å². The number of methoxy groups -OCH3 is 2. The molecular weight excluding hydrogens is 448 g/mol. The third-order valence-corrected chi connectivity index (χ3v) is 6.28. The Bertz CT molecular complexity index is 1210. The first-order valence-corrected chi connectivity index (χ1v) is 10.7. The van der Waals surface area contributed by atoms with Gasteiger partial charge in [0.2, 0.25) is 23.1 Å². The molecule has 0 saturated heterocycles. The van der Waals surface area contributed by atoms with E-state index in [2.05, 4.69) is 5.32 Å². The Kier molecular flexibility index (Phi) is 5.80. The van der Waals surface area contributed by atoms with Crippen LogP contribution < -0.4 is 25.3 Å². The summed E-state index contributed by atoms with van der Waals surface area (Å²) in [6.45, 7) is 1.78. The number of halogens is 1. The Morgan fingerprint density at radius 1 is 1.24 bits per heavy atom. The lowest BCUT2D eigenvalue weighted by Gasteiger charge is -2.35. The highest BCUT2D eigenvalue weighted by molar-refractivity contribution is 6.36. The number of hydrogen-bond donors (Lipinski definition) is 2. The van der Waals surface area contributed by atoms with Crippen LogP contribution in [-0.4, -0.2) is 37.3 Å². The number of nitrogens with one attached hydrogen (secondary N) is 1. The first-order chi connectivity index (χ1) is 15.7. The van der Waals surface area contributed by atoms with Gasteiger partial charge in [-0.3, -0.25) is 14.4 Å². The van der Waals surface area contributed by atoms with Gasteiger partial charge >= 0.3 is 0 Å². The largest absolute Gasteiger partial charge is 0.496 e. The minimum Gasteiger partial charge on any atom is -0.496 e. The van der Waals surface area contributed by atoms with Crippen molar-refractivity contribution in [3.05, 3.63) is 58.3 Å². The molecule has 0 radical (unpaired) electrons. The van der Waals surface area contributed by atoms with Gasteiger partial charge in [-0.2, -0.15) is 0 Å². The molecule has 2 aromatic carbocycles. The molecule has 0 unspecified atom stereocenters. The SMILES string of the molecule is COc1cc(OC)c2c(c1Cl)O[C@@]1(C(=O)C=C(Nc3cccc(CC(N)=O)c3)C[C@H]1C)C2=O. The summed E-state index contributed by atoms with van der Waals surface area (Å²) in [5, 5.41) is 3.31. The van der Waals surface area contributed by atoms with Crippen LogP contribution in [0.5, 0.6) is 17.2 Å². The monoisotopic (exact) mass is 470 g/mol. The molecule has 0 aromatic heterocycles. The van der Waals surface area contributed by atoms with Crippen molar-refractivity contribution in [1.82, 2.24) is 0 Å². The number of carbonyl (C=O) groups excluding carboxylic acids is 3. The second-order valence-corrected chi connectivity index (χ2v) is 8.45. The van der Waals surface area contributed by atoms with E-state index in [9.17, 15) is 14.4 Å². The molecule has 3 N–H and O–H groups in total. The minimum atomic E-state index is -1.73. The summed E-state index contributed by atoms with van der Waals surface area (Å²) in [5.41, 5.74) is 5.75. The van der Waals surface area contributed by atoms with Crippen LogP contribution in [0.2, 0.25) is 5.02 Å². The fourth-order valence-corrected chi connectivity index (χ4v) is 4.63. The molecule has 0 saturated carbocycles. The highest BCUT2D eigenvalue weighted by Gasteiger charge is 2.60.